The first kappa shape index (κ1) is 17.4. The molecule has 0 saturated heterocycles. The summed E-state index contributed by atoms with van der Waals surface area (Å²) in [5.74, 6) is -2.10. The van der Waals surface area contributed by atoms with Crippen LogP contribution in [0, 0.1) is 11.8 Å². The van der Waals surface area contributed by atoms with E-state index in [1.54, 1.807) is 6.08 Å². The maximum atomic E-state index is 10.8. The maximum absolute atomic E-state index is 10.8. The van der Waals surface area contributed by atoms with E-state index in [4.69, 9.17) is 15.3 Å². The number of carboxylic acid groups (broad SMARTS) is 1. The maximum Gasteiger partial charge on any atom is 0.311 e. The van der Waals surface area contributed by atoms with Crippen LogP contribution in [0.5, 0.6) is 0 Å². The molecule has 0 saturated carbocycles. The zero-order valence-electron chi connectivity index (χ0n) is 11.8. The topological polar surface area (TPSA) is 115 Å². The Morgan fingerprint density at radius 1 is 1.43 bits per heavy atom. The normalized spacial score (nSPS) is 19.9. The van der Waals surface area contributed by atoms with E-state index in [2.05, 4.69) is 0 Å². The third-order valence-electron chi connectivity index (χ3n) is 3.69. The fraction of sp³-hybridized carbons (Fsp3) is 0.600. The third-order valence-corrected chi connectivity index (χ3v) is 3.69. The molecule has 0 aromatic heterocycles. The van der Waals surface area contributed by atoms with Crippen LogP contribution >= 0.6 is 0 Å². The first-order chi connectivity index (χ1) is 9.95. The molecule has 21 heavy (non-hydrogen) atoms. The van der Waals surface area contributed by atoms with Crippen LogP contribution in [-0.4, -0.2) is 39.0 Å². The highest BCUT2D eigenvalue weighted by Crippen LogP contribution is 2.28. The zero-order chi connectivity index (χ0) is 15.8. The number of carbonyl (C=O) groups is 2. The molecule has 0 aromatic rings. The number of aldehydes is 1. The lowest BCUT2D eigenvalue weighted by atomic mass is 9.88. The van der Waals surface area contributed by atoms with E-state index < -0.39 is 18.2 Å². The van der Waals surface area contributed by atoms with Gasteiger partial charge in [0.05, 0.1) is 0 Å². The minimum atomic E-state index is -1.85. The number of hydrogen-bond donors (Lipinski definition) is 4. The molecule has 1 aliphatic carbocycles. The van der Waals surface area contributed by atoms with Crippen LogP contribution < -0.4 is 0 Å². The molecule has 1 rings (SSSR count). The van der Waals surface area contributed by atoms with Crippen LogP contribution in [0.2, 0.25) is 0 Å². The highest BCUT2D eigenvalue weighted by Gasteiger charge is 2.24. The number of aliphatic carboxylic acids is 1. The van der Waals surface area contributed by atoms with Gasteiger partial charge in [-0.05, 0) is 43.3 Å². The van der Waals surface area contributed by atoms with Gasteiger partial charge >= 0.3 is 5.97 Å². The van der Waals surface area contributed by atoms with Crippen molar-refractivity contribution < 1.29 is 30.0 Å². The summed E-state index contributed by atoms with van der Waals surface area (Å²) in [4.78, 5) is 21.1. The predicted molar refractivity (Wildman–Crippen MR) is 75.4 cm³/mol. The average Bonchev–Trinajstić information content (AvgIpc) is 2.41. The Bertz CT molecular complexity index is 424. The van der Waals surface area contributed by atoms with Crippen LogP contribution in [0.15, 0.2) is 23.5 Å². The Balaban J connectivity index is 2.40. The van der Waals surface area contributed by atoms with E-state index in [0.29, 0.717) is 25.7 Å². The molecule has 118 valence electrons. The standard InChI is InChI=1S/C15H22O6/c16-8-2-4-11-7-6-10(9-13(11)17)3-1-5-12(14(18)19)15(20)21/h7-10,12,14,17-19H,1-6H2,(H,20,21). The van der Waals surface area contributed by atoms with Crippen LogP contribution in [-0.2, 0) is 9.59 Å². The predicted octanol–water partition coefficient (Wildman–Crippen LogP) is 1.54. The van der Waals surface area contributed by atoms with E-state index in [1.807, 2.05) is 6.08 Å². The summed E-state index contributed by atoms with van der Waals surface area (Å²) in [5, 5.41) is 36.6. The largest absolute Gasteiger partial charge is 0.508 e. The van der Waals surface area contributed by atoms with Crippen LogP contribution in [0.1, 0.15) is 38.5 Å². The molecule has 6 heteroatoms. The van der Waals surface area contributed by atoms with Gasteiger partial charge < -0.3 is 25.2 Å². The molecular formula is C15H22O6. The quantitative estimate of drug-likeness (QED) is 0.379. The molecule has 0 aliphatic heterocycles. The third kappa shape index (κ3) is 5.69. The van der Waals surface area contributed by atoms with Gasteiger partial charge in [0.25, 0.3) is 0 Å². The van der Waals surface area contributed by atoms with Gasteiger partial charge in [-0.2, -0.15) is 0 Å². The number of aliphatic hydroxyl groups excluding tert-OH is 2. The van der Waals surface area contributed by atoms with Crippen LogP contribution in [0.25, 0.3) is 0 Å². The summed E-state index contributed by atoms with van der Waals surface area (Å²) in [7, 11) is 0. The SMILES string of the molecule is O=CCCC1=CCC(CCCC(C(=O)O)C(O)O)C=C1O. The van der Waals surface area contributed by atoms with Crippen molar-refractivity contribution in [1.29, 1.82) is 0 Å². The van der Waals surface area contributed by atoms with E-state index in [9.17, 15) is 14.7 Å². The number of carbonyl (C=O) groups excluding carboxylic acids is 1. The summed E-state index contributed by atoms with van der Waals surface area (Å²) >= 11 is 0. The van der Waals surface area contributed by atoms with Crippen molar-refractivity contribution in [1.82, 2.24) is 0 Å². The highest BCUT2D eigenvalue weighted by atomic mass is 16.5. The highest BCUT2D eigenvalue weighted by molar-refractivity contribution is 5.70. The molecule has 0 amide bonds. The fourth-order valence-electron chi connectivity index (χ4n) is 2.44. The summed E-state index contributed by atoms with van der Waals surface area (Å²) < 4.78 is 0. The summed E-state index contributed by atoms with van der Waals surface area (Å²) in [6.45, 7) is 0. The fourth-order valence-corrected chi connectivity index (χ4v) is 2.44. The average molecular weight is 298 g/mol. The summed E-state index contributed by atoms with van der Waals surface area (Å²) in [6.07, 6.45) is 5.60. The van der Waals surface area contributed by atoms with Crippen molar-refractivity contribution in [2.24, 2.45) is 11.8 Å². The lowest BCUT2D eigenvalue weighted by Gasteiger charge is -2.19. The van der Waals surface area contributed by atoms with Crippen LogP contribution in [0.4, 0.5) is 0 Å². The first-order valence-electron chi connectivity index (χ1n) is 7.08. The number of allylic oxidation sites excluding steroid dienone is 3. The van der Waals surface area contributed by atoms with Crippen molar-refractivity contribution in [3.05, 3.63) is 23.5 Å². The van der Waals surface area contributed by atoms with E-state index in [0.717, 1.165) is 18.3 Å². The van der Waals surface area contributed by atoms with E-state index in [-0.39, 0.29) is 18.1 Å². The second-order valence-electron chi connectivity index (χ2n) is 5.27. The molecule has 0 fully saturated rings. The molecule has 0 bridgehead atoms. The van der Waals surface area contributed by atoms with Crippen molar-refractivity contribution in [3.8, 4) is 0 Å². The van der Waals surface area contributed by atoms with E-state index >= 15 is 0 Å². The van der Waals surface area contributed by atoms with Gasteiger partial charge in [0.2, 0.25) is 0 Å². The second kappa shape index (κ2) is 8.59. The van der Waals surface area contributed by atoms with Crippen molar-refractivity contribution >= 4 is 12.3 Å². The first-order valence-corrected chi connectivity index (χ1v) is 7.08. The van der Waals surface area contributed by atoms with Gasteiger partial charge in [0.15, 0.2) is 6.29 Å². The molecule has 6 nitrogen and oxygen atoms in total. The van der Waals surface area contributed by atoms with Gasteiger partial charge in [-0.15, -0.1) is 0 Å². The number of aliphatic hydroxyl groups is 3. The van der Waals surface area contributed by atoms with Crippen LogP contribution in [0.3, 0.4) is 0 Å². The van der Waals surface area contributed by atoms with Crippen molar-refractivity contribution in [3.63, 3.8) is 0 Å². The van der Waals surface area contributed by atoms with Crippen molar-refractivity contribution in [2.75, 3.05) is 0 Å². The summed E-state index contributed by atoms with van der Waals surface area (Å²) in [6, 6.07) is 0. The second-order valence-corrected chi connectivity index (χ2v) is 5.27. The molecular weight excluding hydrogens is 276 g/mol. The summed E-state index contributed by atoms with van der Waals surface area (Å²) in [5.41, 5.74) is 0.771. The molecule has 0 heterocycles. The lowest BCUT2D eigenvalue weighted by molar-refractivity contribution is -0.159. The number of carboxylic acids is 1. The Morgan fingerprint density at radius 3 is 2.67 bits per heavy atom. The van der Waals surface area contributed by atoms with Crippen molar-refractivity contribution in [2.45, 2.75) is 44.8 Å². The van der Waals surface area contributed by atoms with Gasteiger partial charge in [-0.25, -0.2) is 0 Å². The molecule has 0 radical (unpaired) electrons. The molecule has 2 unspecified atom stereocenters. The Kier molecular flexibility index (Phi) is 7.11. The van der Waals surface area contributed by atoms with E-state index in [1.165, 1.54) is 0 Å². The van der Waals surface area contributed by atoms with Gasteiger partial charge in [0.1, 0.15) is 18.0 Å². The Hall–Kier alpha value is -1.66. The Labute approximate surface area is 123 Å². The molecule has 4 N–H and O–H groups in total. The van der Waals surface area contributed by atoms with Gasteiger partial charge in [-0.1, -0.05) is 12.5 Å². The minimum absolute atomic E-state index is 0.107. The Morgan fingerprint density at radius 2 is 2.14 bits per heavy atom. The number of hydrogen-bond acceptors (Lipinski definition) is 5. The molecule has 2 atom stereocenters. The zero-order valence-corrected chi connectivity index (χ0v) is 11.8. The molecule has 0 spiro atoms. The minimum Gasteiger partial charge on any atom is -0.508 e. The number of rotatable bonds is 9. The molecule has 0 aromatic carbocycles. The molecule has 1 aliphatic rings. The smallest absolute Gasteiger partial charge is 0.311 e. The van der Waals surface area contributed by atoms with Gasteiger partial charge in [-0.3, -0.25) is 4.79 Å². The lowest BCUT2D eigenvalue weighted by Crippen LogP contribution is -2.27. The monoisotopic (exact) mass is 298 g/mol. The van der Waals surface area contributed by atoms with Gasteiger partial charge in [0, 0.05) is 6.42 Å².